The van der Waals surface area contributed by atoms with Gasteiger partial charge in [-0.25, -0.2) is 0 Å². The summed E-state index contributed by atoms with van der Waals surface area (Å²) in [7, 11) is 0. The fraction of sp³-hybridized carbons (Fsp3) is 0. The molecule has 0 N–H and O–H groups in total. The summed E-state index contributed by atoms with van der Waals surface area (Å²) >= 11 is 0. The van der Waals surface area contributed by atoms with Gasteiger partial charge in [0.25, 0.3) is 0 Å². The van der Waals surface area contributed by atoms with E-state index in [-0.39, 0.29) is 11.6 Å². The summed E-state index contributed by atoms with van der Waals surface area (Å²) in [5.74, 6) is 0.224. The van der Waals surface area contributed by atoms with Gasteiger partial charge in [0.05, 0.1) is 0 Å². The Hall–Kier alpha value is -3.78. The molecule has 0 fully saturated rings. The number of hydrogen-bond donors (Lipinski definition) is 0. The summed E-state index contributed by atoms with van der Waals surface area (Å²) in [4.78, 5) is 23.7. The molecule has 0 radical (unpaired) electrons. The molecule has 0 unspecified atom stereocenters. The van der Waals surface area contributed by atoms with Crippen molar-refractivity contribution in [3.05, 3.63) is 131 Å². The van der Waals surface area contributed by atoms with E-state index in [1.165, 1.54) is 0 Å². The highest BCUT2D eigenvalue weighted by Gasteiger charge is 2.24. The topological polar surface area (TPSA) is 34.1 Å². The van der Waals surface area contributed by atoms with Gasteiger partial charge in [0, 0.05) is 22.3 Å². The summed E-state index contributed by atoms with van der Waals surface area (Å²) in [6, 6.07) is 34.1. The van der Waals surface area contributed by atoms with Crippen LogP contribution in [0.25, 0.3) is 11.1 Å². The number of benzene rings is 4. The lowest BCUT2D eigenvalue weighted by Gasteiger charge is -1.99. The third kappa shape index (κ3) is 3.40. The molecule has 134 valence electrons. The highest BCUT2D eigenvalue weighted by Crippen LogP contribution is 2.35. The molecule has 0 heterocycles. The zero-order valence-corrected chi connectivity index (χ0v) is 15.2. The summed E-state index contributed by atoms with van der Waals surface area (Å²) in [5, 5.41) is 0. The van der Waals surface area contributed by atoms with Gasteiger partial charge in [0.1, 0.15) is 0 Å². The minimum absolute atomic E-state index is 0.0752. The lowest BCUT2D eigenvalue weighted by atomic mass is 10.0. The molecule has 2 nitrogen and oxygen atoms in total. The van der Waals surface area contributed by atoms with Crippen LogP contribution in [0, 0.1) is 0 Å². The van der Waals surface area contributed by atoms with E-state index in [0.29, 0.717) is 0 Å². The quantitative estimate of drug-likeness (QED) is 0.371. The molecule has 0 atom stereocenters. The molecule has 0 amide bonds. The summed E-state index contributed by atoms with van der Waals surface area (Å²) in [6.45, 7) is 0. The number of carbonyl (C=O) groups excluding carboxylic acids is 2. The van der Waals surface area contributed by atoms with Crippen LogP contribution < -0.4 is 0 Å². The average Bonchev–Trinajstić information content (AvgIpc) is 3.08. The molecule has 0 saturated heterocycles. The van der Waals surface area contributed by atoms with E-state index < -0.39 is 0 Å². The molecule has 0 aliphatic heterocycles. The molecule has 5 rings (SSSR count). The molecule has 0 aromatic heterocycles. The van der Waals surface area contributed by atoms with Crippen molar-refractivity contribution in [3.63, 3.8) is 0 Å². The third-order valence-corrected chi connectivity index (χ3v) is 4.71. The van der Waals surface area contributed by atoms with Crippen molar-refractivity contribution in [1.29, 1.82) is 0 Å². The number of hydrogen-bond acceptors (Lipinski definition) is 2. The molecule has 0 bridgehead atoms. The van der Waals surface area contributed by atoms with E-state index in [2.05, 4.69) is 0 Å². The first kappa shape index (κ1) is 17.6. The van der Waals surface area contributed by atoms with Gasteiger partial charge >= 0.3 is 0 Å². The van der Waals surface area contributed by atoms with Gasteiger partial charge in [-0.15, -0.1) is 0 Å². The molecule has 4 aromatic rings. The highest BCUT2D eigenvalue weighted by molar-refractivity contribution is 6.21. The molecule has 0 saturated carbocycles. The van der Waals surface area contributed by atoms with E-state index in [0.717, 1.165) is 33.4 Å². The zero-order valence-electron chi connectivity index (χ0n) is 15.2. The molecule has 28 heavy (non-hydrogen) atoms. The average molecular weight is 362 g/mol. The number of carbonyl (C=O) groups is 2. The smallest absolute Gasteiger partial charge is 0.194 e. The fourth-order valence-electron chi connectivity index (χ4n) is 3.32. The lowest BCUT2D eigenvalue weighted by Crippen LogP contribution is -1.99. The Morgan fingerprint density at radius 1 is 0.429 bits per heavy atom. The second-order valence-corrected chi connectivity index (χ2v) is 6.48. The molecule has 0 spiro atoms. The van der Waals surface area contributed by atoms with Crippen molar-refractivity contribution in [2.45, 2.75) is 0 Å². The fourth-order valence-corrected chi connectivity index (χ4v) is 3.32. The van der Waals surface area contributed by atoms with Crippen LogP contribution in [0.15, 0.2) is 109 Å². The van der Waals surface area contributed by atoms with Crippen LogP contribution in [-0.4, -0.2) is 11.6 Å². The van der Waals surface area contributed by atoms with Gasteiger partial charge in [-0.05, 0) is 11.1 Å². The van der Waals surface area contributed by atoms with Crippen molar-refractivity contribution in [2.75, 3.05) is 0 Å². The van der Waals surface area contributed by atoms with E-state index in [1.54, 1.807) is 0 Å². The maximum atomic E-state index is 11.9. The van der Waals surface area contributed by atoms with Crippen LogP contribution in [0.5, 0.6) is 0 Å². The molecule has 1 aliphatic rings. The van der Waals surface area contributed by atoms with Gasteiger partial charge < -0.3 is 0 Å². The molecule has 4 aromatic carbocycles. The van der Waals surface area contributed by atoms with Crippen LogP contribution in [0.2, 0.25) is 0 Å². The third-order valence-electron chi connectivity index (χ3n) is 4.71. The van der Waals surface area contributed by atoms with E-state index >= 15 is 0 Å². The van der Waals surface area contributed by atoms with Crippen LogP contribution >= 0.6 is 0 Å². The van der Waals surface area contributed by atoms with E-state index in [9.17, 15) is 9.59 Å². The Morgan fingerprint density at radius 3 is 1.14 bits per heavy atom. The maximum absolute atomic E-state index is 11.9. The van der Waals surface area contributed by atoms with Gasteiger partial charge in [0.15, 0.2) is 11.6 Å². The molecular formula is C26H18O2. The lowest BCUT2D eigenvalue weighted by molar-refractivity contribution is 0.103. The Bertz CT molecular complexity index is 1040. The normalized spacial score (nSPS) is 11.1. The molecular weight excluding hydrogens is 344 g/mol. The van der Waals surface area contributed by atoms with Gasteiger partial charge in [-0.3, -0.25) is 9.59 Å². The predicted molar refractivity (Wildman–Crippen MR) is 112 cm³/mol. The summed E-state index contributed by atoms with van der Waals surface area (Å²) in [6.07, 6.45) is 0. The SMILES string of the molecule is O=C(c1ccccc1)c1ccccc1.O=C1c2ccccc2-c2ccccc21. The predicted octanol–water partition coefficient (Wildman–Crippen LogP) is 5.82. The molecule has 2 heteroatoms. The minimum Gasteiger partial charge on any atom is -0.289 e. The van der Waals surface area contributed by atoms with Gasteiger partial charge in [-0.2, -0.15) is 0 Å². The first-order valence-electron chi connectivity index (χ1n) is 9.13. The number of rotatable bonds is 2. The number of fused-ring (bicyclic) bond motifs is 3. The van der Waals surface area contributed by atoms with Crippen molar-refractivity contribution < 1.29 is 9.59 Å². The second kappa shape index (κ2) is 7.85. The second-order valence-electron chi connectivity index (χ2n) is 6.48. The van der Waals surface area contributed by atoms with Gasteiger partial charge in [0.2, 0.25) is 0 Å². The van der Waals surface area contributed by atoms with E-state index in [4.69, 9.17) is 0 Å². The maximum Gasteiger partial charge on any atom is 0.194 e. The van der Waals surface area contributed by atoms with Crippen molar-refractivity contribution >= 4 is 11.6 Å². The summed E-state index contributed by atoms with van der Waals surface area (Å²) in [5.41, 5.74) is 5.25. The summed E-state index contributed by atoms with van der Waals surface area (Å²) < 4.78 is 0. The van der Waals surface area contributed by atoms with Gasteiger partial charge in [-0.1, -0.05) is 109 Å². The van der Waals surface area contributed by atoms with E-state index in [1.807, 2.05) is 109 Å². The van der Waals surface area contributed by atoms with Crippen molar-refractivity contribution in [3.8, 4) is 11.1 Å². The van der Waals surface area contributed by atoms with Crippen molar-refractivity contribution in [2.24, 2.45) is 0 Å². The largest absolute Gasteiger partial charge is 0.289 e. The number of ketones is 2. The minimum atomic E-state index is 0.0752. The zero-order chi connectivity index (χ0) is 19.3. The Morgan fingerprint density at radius 2 is 0.750 bits per heavy atom. The Kier molecular flexibility index (Phi) is 4.94. The molecule has 1 aliphatic carbocycles. The first-order chi connectivity index (χ1) is 13.8. The van der Waals surface area contributed by atoms with Crippen LogP contribution in [0.1, 0.15) is 31.8 Å². The van der Waals surface area contributed by atoms with Crippen LogP contribution in [-0.2, 0) is 0 Å². The standard InChI is InChI=1S/C13H8O.C13H10O/c14-13-11-7-3-1-5-9(11)10-6-2-4-8-12(10)13;14-13(11-7-3-1-4-8-11)12-9-5-2-6-10-12/h1-8H;1-10H. The highest BCUT2D eigenvalue weighted by atomic mass is 16.1. The van der Waals surface area contributed by atoms with Crippen LogP contribution in [0.4, 0.5) is 0 Å². The van der Waals surface area contributed by atoms with Crippen molar-refractivity contribution in [1.82, 2.24) is 0 Å². The Balaban J connectivity index is 0.000000137. The first-order valence-corrected chi connectivity index (χ1v) is 9.13. The van der Waals surface area contributed by atoms with Crippen LogP contribution in [0.3, 0.4) is 0 Å². The Labute approximate surface area is 164 Å². The monoisotopic (exact) mass is 362 g/mol.